The number of benzene rings is 1. The zero-order chi connectivity index (χ0) is 18.1. The van der Waals surface area contributed by atoms with Crippen LogP contribution in [-0.4, -0.2) is 30.8 Å². The molecule has 0 bridgehead atoms. The zero-order valence-electron chi connectivity index (χ0n) is 13.9. The Balaban J connectivity index is 1.59. The van der Waals surface area contributed by atoms with E-state index in [2.05, 4.69) is 15.5 Å². The lowest BCUT2D eigenvalue weighted by Crippen LogP contribution is -2.24. The number of carbonyl (C=O) groups is 1. The van der Waals surface area contributed by atoms with Gasteiger partial charge < -0.3 is 9.73 Å². The topological polar surface area (TPSA) is 94.4 Å². The summed E-state index contributed by atoms with van der Waals surface area (Å²) in [5.41, 5.74) is 0.585. The Morgan fingerprint density at radius 3 is 2.88 bits per heavy atom. The number of furan rings is 1. The second-order valence-corrected chi connectivity index (χ2v) is 6.59. The highest BCUT2D eigenvalue weighted by Crippen LogP contribution is 2.21. The summed E-state index contributed by atoms with van der Waals surface area (Å²) >= 11 is 1.26. The predicted molar refractivity (Wildman–Crippen MR) is 97.0 cm³/mol. The van der Waals surface area contributed by atoms with Gasteiger partial charge in [-0.25, -0.2) is 0 Å². The maximum atomic E-state index is 12.4. The number of amides is 1. The van der Waals surface area contributed by atoms with Gasteiger partial charge in [-0.1, -0.05) is 23.9 Å². The lowest BCUT2D eigenvalue weighted by atomic mass is 10.2. The van der Waals surface area contributed by atoms with Gasteiger partial charge in [0.25, 0.3) is 5.56 Å². The van der Waals surface area contributed by atoms with Gasteiger partial charge in [0.2, 0.25) is 11.7 Å². The molecule has 9 heteroatoms. The first kappa shape index (κ1) is 16.4. The highest BCUT2D eigenvalue weighted by Gasteiger charge is 2.15. The van der Waals surface area contributed by atoms with E-state index >= 15 is 0 Å². The minimum absolute atomic E-state index is 0.131. The van der Waals surface area contributed by atoms with Gasteiger partial charge >= 0.3 is 0 Å². The van der Waals surface area contributed by atoms with Crippen molar-refractivity contribution in [3.63, 3.8) is 0 Å². The number of hydrogen-bond acceptors (Lipinski definition) is 6. The van der Waals surface area contributed by atoms with Gasteiger partial charge in [0, 0.05) is 7.05 Å². The van der Waals surface area contributed by atoms with Crippen molar-refractivity contribution >= 4 is 34.3 Å². The van der Waals surface area contributed by atoms with Crippen LogP contribution in [0.1, 0.15) is 5.76 Å². The van der Waals surface area contributed by atoms with Crippen LogP contribution in [0.4, 0.5) is 0 Å². The molecular weight excluding hydrogens is 354 g/mol. The molecule has 4 rings (SSSR count). The molecule has 0 radical (unpaired) electrons. The van der Waals surface area contributed by atoms with Gasteiger partial charge in [-0.3, -0.25) is 18.6 Å². The Kier molecular flexibility index (Phi) is 4.21. The summed E-state index contributed by atoms with van der Waals surface area (Å²) in [5, 5.41) is 12.2. The molecule has 0 unspecified atom stereocenters. The molecule has 0 saturated carbocycles. The number of aromatic nitrogens is 4. The van der Waals surface area contributed by atoms with Crippen molar-refractivity contribution in [3.05, 3.63) is 58.8 Å². The molecule has 0 spiro atoms. The number of aryl methyl sites for hydroxylation is 1. The Morgan fingerprint density at radius 2 is 2.08 bits per heavy atom. The molecule has 0 fully saturated rings. The van der Waals surface area contributed by atoms with Crippen LogP contribution in [0.15, 0.2) is 57.0 Å². The van der Waals surface area contributed by atoms with Crippen molar-refractivity contribution in [1.82, 2.24) is 24.5 Å². The molecule has 0 aliphatic heterocycles. The standard InChI is InChI=1S/C17H15N5O3S/c1-21-15(24)12-6-2-3-7-13(12)22-16(21)19-20-17(22)26-10-14(23)18-9-11-5-4-8-25-11/h2-8H,9-10H2,1H3,(H,18,23). The number of nitrogens with zero attached hydrogens (tertiary/aromatic N) is 4. The Hall–Kier alpha value is -3.07. The van der Waals surface area contributed by atoms with Crippen molar-refractivity contribution in [2.45, 2.75) is 11.7 Å². The maximum absolute atomic E-state index is 12.4. The quantitative estimate of drug-likeness (QED) is 0.537. The fraction of sp³-hybridized carbons (Fsp3) is 0.176. The van der Waals surface area contributed by atoms with Crippen LogP contribution in [-0.2, 0) is 18.4 Å². The molecule has 8 nitrogen and oxygen atoms in total. The lowest BCUT2D eigenvalue weighted by Gasteiger charge is -2.07. The van der Waals surface area contributed by atoms with E-state index < -0.39 is 0 Å². The van der Waals surface area contributed by atoms with Crippen LogP contribution in [0.25, 0.3) is 16.7 Å². The monoisotopic (exact) mass is 369 g/mol. The fourth-order valence-corrected chi connectivity index (χ4v) is 3.45. The third-order valence-electron chi connectivity index (χ3n) is 3.97. The Morgan fingerprint density at radius 1 is 1.23 bits per heavy atom. The van der Waals surface area contributed by atoms with Gasteiger partial charge in [0.05, 0.1) is 29.5 Å². The third kappa shape index (κ3) is 2.86. The first-order chi connectivity index (χ1) is 12.6. The van der Waals surface area contributed by atoms with Crippen molar-refractivity contribution < 1.29 is 9.21 Å². The summed E-state index contributed by atoms with van der Waals surface area (Å²) in [5.74, 6) is 1.17. The average molecular weight is 369 g/mol. The Bertz CT molecular complexity index is 1150. The molecule has 0 aliphatic rings. The normalized spacial score (nSPS) is 11.3. The number of thioether (sulfide) groups is 1. The maximum Gasteiger partial charge on any atom is 0.262 e. The van der Waals surface area contributed by atoms with E-state index in [1.54, 1.807) is 35.9 Å². The first-order valence-electron chi connectivity index (χ1n) is 7.90. The number of fused-ring (bicyclic) bond motifs is 3. The zero-order valence-corrected chi connectivity index (χ0v) is 14.7. The van der Waals surface area contributed by atoms with Crippen LogP contribution in [0.5, 0.6) is 0 Å². The van der Waals surface area contributed by atoms with Crippen molar-refractivity contribution in [2.24, 2.45) is 7.05 Å². The number of para-hydroxylation sites is 1. The van der Waals surface area contributed by atoms with E-state index in [1.165, 1.54) is 16.3 Å². The SMILES string of the molecule is Cn1c(=O)c2ccccc2n2c(SCC(=O)NCc3ccco3)nnc12. The number of rotatable bonds is 5. The van der Waals surface area contributed by atoms with E-state index in [9.17, 15) is 9.59 Å². The minimum Gasteiger partial charge on any atom is -0.467 e. The summed E-state index contributed by atoms with van der Waals surface area (Å²) in [4.78, 5) is 24.5. The lowest BCUT2D eigenvalue weighted by molar-refractivity contribution is -0.118. The summed E-state index contributed by atoms with van der Waals surface area (Å²) in [6.45, 7) is 0.338. The summed E-state index contributed by atoms with van der Waals surface area (Å²) < 4.78 is 8.43. The molecule has 0 aliphatic carbocycles. The smallest absolute Gasteiger partial charge is 0.262 e. The van der Waals surface area contributed by atoms with Gasteiger partial charge in [0.1, 0.15) is 5.76 Å². The molecule has 4 aromatic rings. The minimum atomic E-state index is -0.141. The second-order valence-electron chi connectivity index (χ2n) is 5.64. The van der Waals surface area contributed by atoms with Crippen LogP contribution >= 0.6 is 11.8 Å². The second kappa shape index (κ2) is 6.68. The Labute approximate surface area is 151 Å². The van der Waals surface area contributed by atoms with E-state index in [1.807, 2.05) is 18.2 Å². The predicted octanol–water partition coefficient (Wildman–Crippen LogP) is 1.58. The third-order valence-corrected chi connectivity index (χ3v) is 4.90. The molecule has 0 atom stereocenters. The summed E-state index contributed by atoms with van der Waals surface area (Å²) in [6, 6.07) is 10.8. The van der Waals surface area contributed by atoms with E-state index in [4.69, 9.17) is 4.42 Å². The van der Waals surface area contributed by atoms with Crippen molar-refractivity contribution in [3.8, 4) is 0 Å². The molecule has 3 heterocycles. The molecule has 132 valence electrons. The summed E-state index contributed by atoms with van der Waals surface area (Å²) in [7, 11) is 1.66. The van der Waals surface area contributed by atoms with Gasteiger partial charge in [-0.2, -0.15) is 0 Å². The van der Waals surface area contributed by atoms with E-state index in [0.717, 1.165) is 0 Å². The van der Waals surface area contributed by atoms with Crippen molar-refractivity contribution in [1.29, 1.82) is 0 Å². The molecular formula is C17H15N5O3S. The number of carbonyl (C=O) groups excluding carboxylic acids is 1. The molecule has 3 aromatic heterocycles. The van der Waals surface area contributed by atoms with Crippen LogP contribution in [0, 0.1) is 0 Å². The highest BCUT2D eigenvalue weighted by atomic mass is 32.2. The van der Waals surface area contributed by atoms with Crippen LogP contribution in [0.2, 0.25) is 0 Å². The number of hydrogen-bond donors (Lipinski definition) is 1. The van der Waals surface area contributed by atoms with E-state index in [0.29, 0.717) is 34.1 Å². The molecule has 1 N–H and O–H groups in total. The largest absolute Gasteiger partial charge is 0.467 e. The van der Waals surface area contributed by atoms with E-state index in [-0.39, 0.29) is 17.2 Å². The van der Waals surface area contributed by atoms with Gasteiger partial charge in [-0.05, 0) is 24.3 Å². The molecule has 0 saturated heterocycles. The number of nitrogens with one attached hydrogen (secondary N) is 1. The van der Waals surface area contributed by atoms with Gasteiger partial charge in [-0.15, -0.1) is 10.2 Å². The highest BCUT2D eigenvalue weighted by molar-refractivity contribution is 7.99. The van der Waals surface area contributed by atoms with Crippen molar-refractivity contribution in [2.75, 3.05) is 5.75 Å². The molecule has 1 aromatic carbocycles. The van der Waals surface area contributed by atoms with Crippen LogP contribution < -0.4 is 10.9 Å². The molecule has 26 heavy (non-hydrogen) atoms. The average Bonchev–Trinajstić information content (AvgIpc) is 3.32. The fourth-order valence-electron chi connectivity index (χ4n) is 2.68. The molecule has 1 amide bonds. The van der Waals surface area contributed by atoms with Gasteiger partial charge in [0.15, 0.2) is 5.16 Å². The van der Waals surface area contributed by atoms with Crippen LogP contribution in [0.3, 0.4) is 0 Å². The first-order valence-corrected chi connectivity index (χ1v) is 8.88. The summed E-state index contributed by atoms with van der Waals surface area (Å²) in [6.07, 6.45) is 1.56.